The Morgan fingerprint density at radius 1 is 0.969 bits per heavy atom. The van der Waals surface area contributed by atoms with E-state index in [0.717, 1.165) is 21.4 Å². The Balaban J connectivity index is 2.01. The molecule has 0 spiro atoms. The first-order valence-electron chi connectivity index (χ1n) is 10.4. The van der Waals surface area contributed by atoms with Crippen LogP contribution in [-0.2, 0) is 32.0 Å². The molecule has 0 aliphatic carbocycles. The number of hydrogen-bond acceptors (Lipinski definition) is 6. The number of aryl methyl sites for hydroxylation is 2. The van der Waals surface area contributed by atoms with Crippen molar-refractivity contribution in [3.05, 3.63) is 63.5 Å². The first-order chi connectivity index (χ1) is 15.3. The molecule has 1 amide bonds. The number of carbonyl (C=O) groups is 3. The monoisotopic (exact) mass is 454 g/mol. The fourth-order valence-electron chi connectivity index (χ4n) is 3.22. The van der Waals surface area contributed by atoms with Gasteiger partial charge >= 0.3 is 11.9 Å². The van der Waals surface area contributed by atoms with Crippen LogP contribution in [0.25, 0.3) is 10.2 Å². The molecule has 0 unspecified atom stereocenters. The second kappa shape index (κ2) is 10.4. The van der Waals surface area contributed by atoms with Gasteiger partial charge in [0, 0.05) is 0 Å². The van der Waals surface area contributed by atoms with E-state index in [1.807, 2.05) is 32.0 Å². The van der Waals surface area contributed by atoms with Gasteiger partial charge in [0.15, 0.2) is 4.80 Å². The van der Waals surface area contributed by atoms with E-state index in [2.05, 4.69) is 4.99 Å². The molecule has 168 valence electrons. The van der Waals surface area contributed by atoms with E-state index in [1.54, 1.807) is 36.6 Å². The van der Waals surface area contributed by atoms with Gasteiger partial charge in [-0.3, -0.25) is 9.59 Å². The minimum Gasteiger partial charge on any atom is -0.465 e. The fraction of sp³-hybridized carbons (Fsp3) is 0.333. The number of nitrogens with zero attached hydrogens (tertiary/aromatic N) is 2. The zero-order chi connectivity index (χ0) is 23.3. The fourth-order valence-corrected chi connectivity index (χ4v) is 4.31. The van der Waals surface area contributed by atoms with Gasteiger partial charge in [0.2, 0.25) is 0 Å². The third-order valence-corrected chi connectivity index (χ3v) is 5.97. The van der Waals surface area contributed by atoms with E-state index in [4.69, 9.17) is 9.47 Å². The van der Waals surface area contributed by atoms with Crippen LogP contribution in [-0.4, -0.2) is 35.6 Å². The summed E-state index contributed by atoms with van der Waals surface area (Å²) in [6.07, 6.45) is 0.156. The number of carbonyl (C=O) groups excluding carboxylic acids is 3. The van der Waals surface area contributed by atoms with Crippen molar-refractivity contribution >= 4 is 39.4 Å². The summed E-state index contributed by atoms with van der Waals surface area (Å²) in [6.45, 7) is 7.95. The normalized spacial score (nSPS) is 11.6. The topological polar surface area (TPSA) is 87.0 Å². The van der Waals surface area contributed by atoms with Gasteiger partial charge in [-0.05, 0) is 62.6 Å². The Hall–Kier alpha value is -3.26. The van der Waals surface area contributed by atoms with Gasteiger partial charge < -0.3 is 14.0 Å². The predicted octanol–water partition coefficient (Wildman–Crippen LogP) is 3.73. The Bertz CT molecular complexity index is 1240. The molecule has 0 saturated heterocycles. The number of rotatable bonds is 7. The maximum absolute atomic E-state index is 12.7. The molecule has 0 aliphatic heterocycles. The maximum Gasteiger partial charge on any atom is 0.338 e. The third kappa shape index (κ3) is 5.50. The quantitative estimate of drug-likeness (QED) is 0.508. The van der Waals surface area contributed by atoms with E-state index in [-0.39, 0.29) is 32.1 Å². The van der Waals surface area contributed by atoms with Gasteiger partial charge in [-0.15, -0.1) is 0 Å². The highest BCUT2D eigenvalue weighted by molar-refractivity contribution is 7.16. The average Bonchev–Trinajstić information content (AvgIpc) is 3.07. The minimum atomic E-state index is -0.427. The molecule has 0 N–H and O–H groups in total. The van der Waals surface area contributed by atoms with Crippen molar-refractivity contribution in [1.82, 2.24) is 4.57 Å². The van der Waals surface area contributed by atoms with Crippen LogP contribution in [0.3, 0.4) is 0 Å². The van der Waals surface area contributed by atoms with Gasteiger partial charge in [-0.25, -0.2) is 4.79 Å². The Morgan fingerprint density at radius 3 is 2.41 bits per heavy atom. The highest BCUT2D eigenvalue weighted by atomic mass is 32.1. The number of hydrogen-bond donors (Lipinski definition) is 0. The summed E-state index contributed by atoms with van der Waals surface area (Å²) in [5.41, 5.74) is 4.24. The van der Waals surface area contributed by atoms with Gasteiger partial charge in [0.25, 0.3) is 5.91 Å². The van der Waals surface area contributed by atoms with E-state index < -0.39 is 11.9 Å². The van der Waals surface area contributed by atoms with Crippen LogP contribution in [0, 0.1) is 13.8 Å². The van der Waals surface area contributed by atoms with E-state index in [9.17, 15) is 14.4 Å². The van der Waals surface area contributed by atoms with Gasteiger partial charge in [-0.2, -0.15) is 4.99 Å². The summed E-state index contributed by atoms with van der Waals surface area (Å²) in [7, 11) is 0. The molecular formula is C24H26N2O5S. The van der Waals surface area contributed by atoms with Crippen molar-refractivity contribution in [2.75, 3.05) is 13.2 Å². The largest absolute Gasteiger partial charge is 0.465 e. The Morgan fingerprint density at radius 2 is 1.72 bits per heavy atom. The molecule has 8 heteroatoms. The van der Waals surface area contributed by atoms with E-state index in [0.29, 0.717) is 15.9 Å². The van der Waals surface area contributed by atoms with Crippen LogP contribution < -0.4 is 4.80 Å². The van der Waals surface area contributed by atoms with Crippen molar-refractivity contribution in [3.8, 4) is 0 Å². The van der Waals surface area contributed by atoms with Crippen LogP contribution in [0.15, 0.2) is 41.4 Å². The molecule has 2 aromatic carbocycles. The summed E-state index contributed by atoms with van der Waals surface area (Å²) < 4.78 is 12.5. The van der Waals surface area contributed by atoms with Crippen LogP contribution in [0.1, 0.15) is 40.9 Å². The lowest BCUT2D eigenvalue weighted by Gasteiger charge is -2.06. The lowest BCUT2D eigenvalue weighted by molar-refractivity contribution is -0.143. The van der Waals surface area contributed by atoms with E-state index >= 15 is 0 Å². The first kappa shape index (κ1) is 23.4. The van der Waals surface area contributed by atoms with Gasteiger partial charge in [0.1, 0.15) is 6.54 Å². The highest BCUT2D eigenvalue weighted by Crippen LogP contribution is 2.20. The summed E-state index contributed by atoms with van der Waals surface area (Å²) in [4.78, 5) is 41.7. The van der Waals surface area contributed by atoms with Crippen molar-refractivity contribution in [3.63, 3.8) is 0 Å². The number of fused-ring (bicyclic) bond motifs is 1. The summed E-state index contributed by atoms with van der Waals surface area (Å²) in [5.74, 6) is -1.17. The maximum atomic E-state index is 12.7. The van der Waals surface area contributed by atoms with Gasteiger partial charge in [0.05, 0.1) is 35.4 Å². The second-order valence-corrected chi connectivity index (χ2v) is 8.29. The SMILES string of the molecule is CCOC(=O)Cn1c(=NC(=O)Cc2ccc(C)c(C)c2)sc2cc(C(=O)OCC)ccc21. The van der Waals surface area contributed by atoms with Crippen LogP contribution >= 0.6 is 11.3 Å². The summed E-state index contributed by atoms with van der Waals surface area (Å²) in [6, 6.07) is 10.9. The molecule has 0 radical (unpaired) electrons. The van der Waals surface area contributed by atoms with E-state index in [1.165, 1.54) is 11.3 Å². The molecule has 3 rings (SSSR count). The molecule has 0 bridgehead atoms. The number of amides is 1. The first-order valence-corrected chi connectivity index (χ1v) is 11.2. The summed E-state index contributed by atoms with van der Waals surface area (Å²) >= 11 is 1.24. The molecule has 0 fully saturated rings. The van der Waals surface area contributed by atoms with Crippen molar-refractivity contribution in [1.29, 1.82) is 0 Å². The zero-order valence-corrected chi connectivity index (χ0v) is 19.5. The second-order valence-electron chi connectivity index (χ2n) is 7.28. The van der Waals surface area contributed by atoms with Crippen LogP contribution in [0.5, 0.6) is 0 Å². The lowest BCUT2D eigenvalue weighted by atomic mass is 10.0. The number of aromatic nitrogens is 1. The minimum absolute atomic E-state index is 0.0810. The van der Waals surface area contributed by atoms with Crippen LogP contribution in [0.2, 0.25) is 0 Å². The molecule has 0 atom stereocenters. The molecule has 0 aliphatic rings. The molecule has 7 nitrogen and oxygen atoms in total. The van der Waals surface area contributed by atoms with Crippen molar-refractivity contribution < 1.29 is 23.9 Å². The number of ether oxygens (including phenoxy) is 2. The Kier molecular flexibility index (Phi) is 7.58. The van der Waals surface area contributed by atoms with Crippen molar-refractivity contribution in [2.24, 2.45) is 4.99 Å². The predicted molar refractivity (Wildman–Crippen MR) is 123 cm³/mol. The molecule has 3 aromatic rings. The standard InChI is InChI=1S/C24H26N2O5S/c1-5-30-22(28)14-26-19-10-9-18(23(29)31-6-2)13-20(19)32-24(26)25-21(27)12-17-8-7-15(3)16(4)11-17/h7-11,13H,5-6,12,14H2,1-4H3. The lowest BCUT2D eigenvalue weighted by Crippen LogP contribution is -2.23. The highest BCUT2D eigenvalue weighted by Gasteiger charge is 2.15. The third-order valence-electron chi connectivity index (χ3n) is 4.93. The number of thiazole rings is 1. The van der Waals surface area contributed by atoms with Gasteiger partial charge in [-0.1, -0.05) is 29.5 Å². The zero-order valence-electron chi connectivity index (χ0n) is 18.6. The molecule has 32 heavy (non-hydrogen) atoms. The van der Waals surface area contributed by atoms with Crippen molar-refractivity contribution in [2.45, 2.75) is 40.7 Å². The average molecular weight is 455 g/mol. The molecular weight excluding hydrogens is 428 g/mol. The van der Waals surface area contributed by atoms with Crippen LogP contribution in [0.4, 0.5) is 0 Å². The Labute approximate surface area is 190 Å². The molecule has 1 aromatic heterocycles. The molecule has 0 saturated carbocycles. The smallest absolute Gasteiger partial charge is 0.338 e. The number of benzene rings is 2. The number of esters is 2. The molecule has 1 heterocycles. The summed E-state index contributed by atoms with van der Waals surface area (Å²) in [5, 5.41) is 0.